The Kier molecular flexibility index (Phi) is 12.7. The van der Waals surface area contributed by atoms with Crippen molar-refractivity contribution in [3.63, 3.8) is 0 Å². The lowest BCUT2D eigenvalue weighted by Gasteiger charge is -2.25. The number of rotatable bonds is 13. The lowest BCUT2D eigenvalue weighted by Crippen LogP contribution is -2.54. The van der Waals surface area contributed by atoms with Gasteiger partial charge in [0.05, 0.1) is 0 Å². The molecule has 0 aliphatic rings. The van der Waals surface area contributed by atoms with Crippen molar-refractivity contribution in [2.24, 2.45) is 5.73 Å². The topological polar surface area (TPSA) is 149 Å². The van der Waals surface area contributed by atoms with Crippen molar-refractivity contribution >= 4 is 24.0 Å². The number of nitrogens with one attached hydrogen (secondary N) is 3. The molecular formula is C28H33F5N4O6. The third kappa shape index (κ3) is 11.1. The molecule has 4 amide bonds. The molecule has 0 bridgehead atoms. The Morgan fingerprint density at radius 2 is 1.40 bits per heavy atom. The zero-order valence-corrected chi connectivity index (χ0v) is 23.7. The van der Waals surface area contributed by atoms with E-state index in [0.29, 0.717) is 6.42 Å². The number of ether oxygens (including phenoxy) is 2. The quantitative estimate of drug-likeness (QED) is 0.116. The molecule has 0 aromatic heterocycles. The molecule has 2 aromatic rings. The fourth-order valence-electron chi connectivity index (χ4n) is 3.69. The number of hydrogen-bond acceptors (Lipinski definition) is 6. The molecule has 0 radical (unpaired) electrons. The average molecular weight is 617 g/mol. The minimum atomic E-state index is -2.40. The summed E-state index contributed by atoms with van der Waals surface area (Å²) >= 11 is 0. The van der Waals surface area contributed by atoms with E-state index in [4.69, 9.17) is 15.2 Å². The van der Waals surface area contributed by atoms with Crippen LogP contribution < -0.4 is 21.7 Å². The number of carbonyl (C=O) groups excluding carboxylic acids is 4. The third-order valence-electron chi connectivity index (χ3n) is 5.78. The maximum atomic E-state index is 14.3. The van der Waals surface area contributed by atoms with E-state index in [-0.39, 0.29) is 26.0 Å². The van der Waals surface area contributed by atoms with Gasteiger partial charge in [-0.15, -0.1) is 0 Å². The second kappa shape index (κ2) is 15.7. The molecule has 5 N–H and O–H groups in total. The Labute approximate surface area is 244 Å². The van der Waals surface area contributed by atoms with Crippen LogP contribution in [0.15, 0.2) is 30.3 Å². The van der Waals surface area contributed by atoms with E-state index >= 15 is 0 Å². The Morgan fingerprint density at radius 1 is 0.814 bits per heavy atom. The molecule has 2 atom stereocenters. The standard InChI is InChI=1S/C28H33F5N4O6/c1-28(2,3)43-27(41)37-18(13-16-19(29)21(31)23(33)22(32)20(16)30)25(39)36-17(24(34)38)11-7-8-12-35-26(40)42-14-15-9-5-4-6-10-15/h4-6,9-10,17-18H,7-8,11-14H2,1-3H3,(H2,34,38)(H,35,40)(H,36,39)(H,37,41)/t17-,18-/m0/s1. The van der Waals surface area contributed by atoms with E-state index in [0.717, 1.165) is 5.56 Å². The Balaban J connectivity index is 2.04. The van der Waals surface area contributed by atoms with Gasteiger partial charge in [0.1, 0.15) is 24.3 Å². The summed E-state index contributed by atoms with van der Waals surface area (Å²) in [5, 5.41) is 6.77. The normalized spacial score (nSPS) is 12.6. The first-order valence-corrected chi connectivity index (χ1v) is 13.1. The largest absolute Gasteiger partial charge is 0.445 e. The van der Waals surface area contributed by atoms with Gasteiger partial charge in [-0.25, -0.2) is 31.5 Å². The van der Waals surface area contributed by atoms with Gasteiger partial charge in [0.25, 0.3) is 0 Å². The van der Waals surface area contributed by atoms with Crippen LogP contribution in [0, 0.1) is 29.1 Å². The Hall–Kier alpha value is -4.43. The number of benzene rings is 2. The van der Waals surface area contributed by atoms with E-state index in [1.54, 1.807) is 24.3 Å². The summed E-state index contributed by atoms with van der Waals surface area (Å²) < 4.78 is 79.8. The van der Waals surface area contributed by atoms with E-state index in [1.807, 2.05) is 11.4 Å². The SMILES string of the molecule is CC(C)(C)OC(=O)N[C@@H](Cc1c(F)c(F)c(F)c(F)c1F)C(=O)N[C@@H](CCCCNC(=O)OCc1ccccc1)C(N)=O. The highest BCUT2D eigenvalue weighted by atomic mass is 19.2. The lowest BCUT2D eigenvalue weighted by atomic mass is 10.0. The van der Waals surface area contributed by atoms with E-state index < -0.39 is 82.8 Å². The summed E-state index contributed by atoms with van der Waals surface area (Å²) in [5.74, 6) is -13.5. The number of primary amides is 1. The second-order valence-electron chi connectivity index (χ2n) is 10.4. The smallest absolute Gasteiger partial charge is 0.408 e. The van der Waals surface area contributed by atoms with Crippen molar-refractivity contribution in [2.75, 3.05) is 6.54 Å². The number of amides is 4. The molecule has 0 saturated carbocycles. The average Bonchev–Trinajstić information content (AvgIpc) is 2.94. The number of nitrogens with two attached hydrogens (primary N) is 1. The highest BCUT2D eigenvalue weighted by molar-refractivity contribution is 5.91. The van der Waals surface area contributed by atoms with Crippen molar-refractivity contribution in [3.05, 3.63) is 70.5 Å². The molecule has 236 valence electrons. The fourth-order valence-corrected chi connectivity index (χ4v) is 3.69. The molecule has 0 spiro atoms. The lowest BCUT2D eigenvalue weighted by molar-refractivity contribution is -0.128. The monoisotopic (exact) mass is 616 g/mol. The van der Waals surface area contributed by atoms with E-state index in [9.17, 15) is 41.1 Å². The number of alkyl carbamates (subject to hydrolysis) is 2. The molecule has 0 unspecified atom stereocenters. The Bertz CT molecular complexity index is 1280. The van der Waals surface area contributed by atoms with Crippen LogP contribution >= 0.6 is 0 Å². The molecule has 0 aliphatic carbocycles. The third-order valence-corrected chi connectivity index (χ3v) is 5.78. The van der Waals surface area contributed by atoms with Gasteiger partial charge < -0.3 is 31.2 Å². The first-order chi connectivity index (χ1) is 20.1. The van der Waals surface area contributed by atoms with Crippen LogP contribution in [0.1, 0.15) is 51.2 Å². The molecule has 2 aromatic carbocycles. The summed E-state index contributed by atoms with van der Waals surface area (Å²) in [6, 6.07) is 5.67. The van der Waals surface area contributed by atoms with E-state index in [1.165, 1.54) is 20.8 Å². The molecular weight excluding hydrogens is 583 g/mol. The second-order valence-corrected chi connectivity index (χ2v) is 10.4. The molecule has 2 rings (SSSR count). The molecule has 15 heteroatoms. The van der Waals surface area contributed by atoms with Crippen LogP contribution in [-0.4, -0.2) is 48.2 Å². The van der Waals surface area contributed by atoms with Crippen molar-refractivity contribution in [1.29, 1.82) is 0 Å². The van der Waals surface area contributed by atoms with Gasteiger partial charge in [-0.3, -0.25) is 9.59 Å². The maximum absolute atomic E-state index is 14.3. The van der Waals surface area contributed by atoms with Gasteiger partial charge in [-0.05, 0) is 45.6 Å². The minimum absolute atomic E-state index is 0.0521. The minimum Gasteiger partial charge on any atom is -0.445 e. The van der Waals surface area contributed by atoms with Gasteiger partial charge in [-0.1, -0.05) is 30.3 Å². The van der Waals surface area contributed by atoms with Gasteiger partial charge in [0.15, 0.2) is 23.3 Å². The molecule has 0 heterocycles. The first kappa shape index (κ1) is 34.8. The number of carbonyl (C=O) groups is 4. The summed E-state index contributed by atoms with van der Waals surface area (Å²) in [6.07, 6.45) is -2.58. The van der Waals surface area contributed by atoms with Crippen LogP contribution in [-0.2, 0) is 32.1 Å². The van der Waals surface area contributed by atoms with Gasteiger partial charge in [-0.2, -0.15) is 0 Å². The van der Waals surface area contributed by atoms with Crippen molar-refractivity contribution < 1.29 is 50.6 Å². The predicted octanol–water partition coefficient (Wildman–Crippen LogP) is 3.88. The summed E-state index contributed by atoms with van der Waals surface area (Å²) in [4.78, 5) is 49.2. The number of halogens is 5. The Morgan fingerprint density at radius 3 is 1.95 bits per heavy atom. The maximum Gasteiger partial charge on any atom is 0.408 e. The zero-order valence-electron chi connectivity index (χ0n) is 23.7. The van der Waals surface area contributed by atoms with Crippen LogP contribution in [0.4, 0.5) is 31.5 Å². The van der Waals surface area contributed by atoms with Crippen LogP contribution in [0.25, 0.3) is 0 Å². The molecule has 0 aliphatic heterocycles. The zero-order chi connectivity index (χ0) is 32.3. The fraction of sp³-hybridized carbons (Fsp3) is 0.429. The summed E-state index contributed by atoms with van der Waals surface area (Å²) in [7, 11) is 0. The highest BCUT2D eigenvalue weighted by Gasteiger charge is 2.32. The van der Waals surface area contributed by atoms with Crippen molar-refractivity contribution in [3.8, 4) is 0 Å². The predicted molar refractivity (Wildman–Crippen MR) is 143 cm³/mol. The molecule has 10 nitrogen and oxygen atoms in total. The van der Waals surface area contributed by atoms with E-state index in [2.05, 4.69) is 10.6 Å². The van der Waals surface area contributed by atoms with Gasteiger partial charge >= 0.3 is 12.2 Å². The number of unbranched alkanes of at least 4 members (excludes halogenated alkanes) is 1. The van der Waals surface area contributed by atoms with Crippen LogP contribution in [0.3, 0.4) is 0 Å². The summed E-state index contributed by atoms with van der Waals surface area (Å²) in [5.41, 5.74) is 3.71. The van der Waals surface area contributed by atoms with Crippen molar-refractivity contribution in [1.82, 2.24) is 16.0 Å². The van der Waals surface area contributed by atoms with Crippen molar-refractivity contribution in [2.45, 2.75) is 70.7 Å². The molecule has 0 saturated heterocycles. The van der Waals surface area contributed by atoms with Crippen LogP contribution in [0.5, 0.6) is 0 Å². The van der Waals surface area contributed by atoms with Crippen LogP contribution in [0.2, 0.25) is 0 Å². The van der Waals surface area contributed by atoms with Gasteiger partial charge in [0.2, 0.25) is 17.6 Å². The number of hydrogen-bond donors (Lipinski definition) is 4. The first-order valence-electron chi connectivity index (χ1n) is 13.1. The highest BCUT2D eigenvalue weighted by Crippen LogP contribution is 2.24. The molecule has 0 fully saturated rings. The molecule has 43 heavy (non-hydrogen) atoms. The summed E-state index contributed by atoms with van der Waals surface area (Å²) in [6.45, 7) is 4.65. The van der Waals surface area contributed by atoms with Gasteiger partial charge in [0, 0.05) is 18.5 Å².